The maximum absolute atomic E-state index is 12.1. The fourth-order valence-electron chi connectivity index (χ4n) is 1.84. The molecule has 1 heterocycles. The van der Waals surface area contributed by atoms with Crippen LogP contribution >= 0.6 is 0 Å². The van der Waals surface area contributed by atoms with Gasteiger partial charge in [-0.2, -0.15) is 0 Å². The Morgan fingerprint density at radius 3 is 2.60 bits per heavy atom. The van der Waals surface area contributed by atoms with Crippen molar-refractivity contribution in [3.05, 3.63) is 48.4 Å². The smallest absolute Gasteiger partial charge is 0.287 e. The van der Waals surface area contributed by atoms with Crippen LogP contribution in [0, 0.1) is 5.92 Å². The molecule has 2 rings (SSSR count). The minimum Gasteiger partial charge on any atom is -0.459 e. The lowest BCUT2D eigenvalue weighted by molar-refractivity contribution is 0.0847. The minimum absolute atomic E-state index is 0.0977. The third-order valence-corrected chi connectivity index (χ3v) is 3.20. The van der Waals surface area contributed by atoms with Crippen LogP contribution in [-0.4, -0.2) is 23.7 Å². The maximum atomic E-state index is 12.1. The average molecular weight is 273 g/mol. The molecule has 0 fully saturated rings. The Labute approximate surface area is 118 Å². The molecule has 2 N–H and O–H groups in total. The lowest BCUT2D eigenvalue weighted by Gasteiger charge is -2.14. The monoisotopic (exact) mass is 273 g/mol. The number of rotatable bonds is 5. The highest BCUT2D eigenvalue weighted by Crippen LogP contribution is 2.24. The predicted octanol–water partition coefficient (Wildman–Crippen LogP) is 2.69. The number of benzene rings is 1. The largest absolute Gasteiger partial charge is 0.459 e. The highest BCUT2D eigenvalue weighted by atomic mass is 16.3. The van der Waals surface area contributed by atoms with Gasteiger partial charge in [-0.3, -0.25) is 4.79 Å². The molecule has 1 unspecified atom stereocenters. The normalized spacial score (nSPS) is 12.4. The van der Waals surface area contributed by atoms with E-state index in [1.54, 1.807) is 6.07 Å². The molecule has 1 atom stereocenters. The van der Waals surface area contributed by atoms with E-state index in [1.165, 1.54) is 6.26 Å². The molecular formula is C16H19NO3. The number of carbonyl (C=O) groups is 1. The molecule has 0 aliphatic rings. The lowest BCUT2D eigenvalue weighted by atomic mass is 10.1. The predicted molar refractivity (Wildman–Crippen MR) is 77.3 cm³/mol. The summed E-state index contributed by atoms with van der Waals surface area (Å²) in [5.74, 6) is 0.0567. The molecule has 4 nitrogen and oxygen atoms in total. The molecule has 2 aromatic rings. The first-order chi connectivity index (χ1) is 9.59. The summed E-state index contributed by atoms with van der Waals surface area (Å²) >= 11 is 0. The first kappa shape index (κ1) is 14.3. The summed E-state index contributed by atoms with van der Waals surface area (Å²) in [6.07, 6.45) is 0.935. The van der Waals surface area contributed by atoms with Crippen molar-refractivity contribution in [1.82, 2.24) is 5.32 Å². The summed E-state index contributed by atoms with van der Waals surface area (Å²) in [7, 11) is 0. The number of aliphatic hydroxyl groups is 1. The Morgan fingerprint density at radius 1 is 1.25 bits per heavy atom. The number of amides is 1. The third kappa shape index (κ3) is 3.27. The van der Waals surface area contributed by atoms with E-state index < -0.39 is 6.10 Å². The van der Waals surface area contributed by atoms with Crippen LogP contribution < -0.4 is 5.32 Å². The summed E-state index contributed by atoms with van der Waals surface area (Å²) in [5.41, 5.74) is 1.68. The fraction of sp³-hybridized carbons (Fsp3) is 0.312. The van der Waals surface area contributed by atoms with Gasteiger partial charge in [0.1, 0.15) is 0 Å². The van der Waals surface area contributed by atoms with Crippen LogP contribution in [0.3, 0.4) is 0 Å². The van der Waals surface area contributed by atoms with Gasteiger partial charge in [-0.05, 0) is 17.5 Å². The Hall–Kier alpha value is -2.07. The second kappa shape index (κ2) is 6.39. The molecule has 0 saturated heterocycles. The van der Waals surface area contributed by atoms with Crippen LogP contribution in [0.2, 0.25) is 0 Å². The molecule has 0 spiro atoms. The number of furan rings is 1. The van der Waals surface area contributed by atoms with Gasteiger partial charge < -0.3 is 14.8 Å². The fourth-order valence-corrected chi connectivity index (χ4v) is 1.84. The quantitative estimate of drug-likeness (QED) is 0.880. The SMILES string of the molecule is CC(C)C(O)CNC(=O)c1occc1-c1ccccc1. The van der Waals surface area contributed by atoms with Gasteiger partial charge in [0.05, 0.1) is 12.4 Å². The van der Waals surface area contributed by atoms with Crippen molar-refractivity contribution in [3.8, 4) is 11.1 Å². The highest BCUT2D eigenvalue weighted by Gasteiger charge is 2.18. The zero-order valence-corrected chi connectivity index (χ0v) is 11.7. The van der Waals surface area contributed by atoms with Crippen molar-refractivity contribution in [3.63, 3.8) is 0 Å². The molecule has 1 aromatic carbocycles. The first-order valence-corrected chi connectivity index (χ1v) is 6.68. The van der Waals surface area contributed by atoms with Crippen molar-refractivity contribution in [2.75, 3.05) is 6.54 Å². The maximum Gasteiger partial charge on any atom is 0.287 e. The molecule has 0 aliphatic carbocycles. The van der Waals surface area contributed by atoms with Gasteiger partial charge in [-0.1, -0.05) is 44.2 Å². The minimum atomic E-state index is -0.561. The number of aliphatic hydroxyl groups excluding tert-OH is 1. The van der Waals surface area contributed by atoms with Crippen LogP contribution in [0.25, 0.3) is 11.1 Å². The summed E-state index contributed by atoms with van der Waals surface area (Å²) < 4.78 is 5.28. The number of hydrogen-bond donors (Lipinski definition) is 2. The average Bonchev–Trinajstić information content (AvgIpc) is 2.94. The Balaban J connectivity index is 2.10. The molecule has 4 heteroatoms. The Kier molecular flexibility index (Phi) is 4.58. The van der Waals surface area contributed by atoms with E-state index >= 15 is 0 Å². The zero-order chi connectivity index (χ0) is 14.5. The number of nitrogens with one attached hydrogen (secondary N) is 1. The van der Waals surface area contributed by atoms with E-state index in [9.17, 15) is 9.90 Å². The van der Waals surface area contributed by atoms with Gasteiger partial charge in [0, 0.05) is 12.1 Å². The van der Waals surface area contributed by atoms with Gasteiger partial charge in [-0.15, -0.1) is 0 Å². The molecule has 1 aromatic heterocycles. The van der Waals surface area contributed by atoms with Gasteiger partial charge in [-0.25, -0.2) is 0 Å². The van der Waals surface area contributed by atoms with Gasteiger partial charge in [0.2, 0.25) is 0 Å². The van der Waals surface area contributed by atoms with Gasteiger partial charge >= 0.3 is 0 Å². The van der Waals surface area contributed by atoms with E-state index in [2.05, 4.69) is 5.32 Å². The molecular weight excluding hydrogens is 254 g/mol. The summed E-state index contributed by atoms with van der Waals surface area (Å²) in [6.45, 7) is 4.02. The zero-order valence-electron chi connectivity index (χ0n) is 11.7. The highest BCUT2D eigenvalue weighted by molar-refractivity contribution is 5.98. The van der Waals surface area contributed by atoms with Crippen LogP contribution in [-0.2, 0) is 0 Å². The Bertz CT molecular complexity index is 560. The summed E-state index contributed by atoms with van der Waals surface area (Å²) in [6, 6.07) is 11.3. The topological polar surface area (TPSA) is 62.5 Å². The Morgan fingerprint density at radius 2 is 1.95 bits per heavy atom. The van der Waals surface area contributed by atoms with Gasteiger partial charge in [0.25, 0.3) is 5.91 Å². The number of hydrogen-bond acceptors (Lipinski definition) is 3. The van der Waals surface area contributed by atoms with Crippen molar-refractivity contribution < 1.29 is 14.3 Å². The summed E-state index contributed by atoms with van der Waals surface area (Å²) in [5, 5.41) is 12.4. The van der Waals surface area contributed by atoms with Crippen LogP contribution in [0.1, 0.15) is 24.4 Å². The molecule has 1 amide bonds. The lowest BCUT2D eigenvalue weighted by Crippen LogP contribution is -2.34. The second-order valence-corrected chi connectivity index (χ2v) is 5.05. The molecule has 0 bridgehead atoms. The van der Waals surface area contributed by atoms with E-state index in [1.807, 2.05) is 44.2 Å². The standard InChI is InChI=1S/C16H19NO3/c1-11(2)14(18)10-17-16(19)15-13(8-9-20-15)12-6-4-3-5-7-12/h3-9,11,14,18H,10H2,1-2H3,(H,17,19). The van der Waals surface area contributed by atoms with Crippen LogP contribution in [0.4, 0.5) is 0 Å². The van der Waals surface area contributed by atoms with E-state index in [0.717, 1.165) is 11.1 Å². The van der Waals surface area contributed by atoms with E-state index in [4.69, 9.17) is 4.42 Å². The van der Waals surface area contributed by atoms with E-state index in [-0.39, 0.29) is 24.1 Å². The van der Waals surface area contributed by atoms with Crippen molar-refractivity contribution in [1.29, 1.82) is 0 Å². The molecule has 20 heavy (non-hydrogen) atoms. The summed E-state index contributed by atoms with van der Waals surface area (Å²) in [4.78, 5) is 12.1. The van der Waals surface area contributed by atoms with Gasteiger partial charge in [0.15, 0.2) is 5.76 Å². The second-order valence-electron chi connectivity index (χ2n) is 5.05. The molecule has 0 aliphatic heterocycles. The number of carbonyl (C=O) groups excluding carboxylic acids is 1. The third-order valence-electron chi connectivity index (χ3n) is 3.20. The van der Waals surface area contributed by atoms with Crippen molar-refractivity contribution in [2.45, 2.75) is 20.0 Å². The molecule has 106 valence electrons. The van der Waals surface area contributed by atoms with E-state index in [0.29, 0.717) is 0 Å². The molecule has 0 saturated carbocycles. The van der Waals surface area contributed by atoms with Crippen molar-refractivity contribution in [2.24, 2.45) is 5.92 Å². The van der Waals surface area contributed by atoms with Crippen LogP contribution in [0.15, 0.2) is 47.1 Å². The first-order valence-electron chi connectivity index (χ1n) is 6.68. The molecule has 0 radical (unpaired) electrons. The van der Waals surface area contributed by atoms with Crippen LogP contribution in [0.5, 0.6) is 0 Å². The van der Waals surface area contributed by atoms with Crippen molar-refractivity contribution >= 4 is 5.91 Å².